The van der Waals surface area contributed by atoms with E-state index in [2.05, 4.69) is 42.4 Å². The molecule has 3 rings (SSSR count). The number of hydrogen-bond donors (Lipinski definition) is 0. The maximum atomic E-state index is 9.54. The first-order valence-corrected chi connectivity index (χ1v) is 9.33. The van der Waals surface area contributed by atoms with Crippen LogP contribution in [0.4, 0.5) is 0 Å². The molecule has 126 valence electrons. The summed E-state index contributed by atoms with van der Waals surface area (Å²) in [5.41, 5.74) is 3.11. The topological polar surface area (TPSA) is 88.5 Å². The smallest absolute Gasteiger partial charge is 0.283 e. The summed E-state index contributed by atoms with van der Waals surface area (Å²) in [6.07, 6.45) is 1.46. The van der Waals surface area contributed by atoms with Crippen LogP contribution in [0.2, 0.25) is 0 Å². The number of nitriles is 1. The van der Waals surface area contributed by atoms with Gasteiger partial charge in [0.05, 0.1) is 16.8 Å². The molecule has 0 saturated carbocycles. The number of aromatic nitrogens is 4. The maximum Gasteiger partial charge on any atom is 0.283 e. The zero-order valence-electron chi connectivity index (χ0n) is 13.7. The van der Waals surface area contributed by atoms with E-state index in [4.69, 9.17) is 4.42 Å². The fourth-order valence-electron chi connectivity index (χ4n) is 2.42. The van der Waals surface area contributed by atoms with Gasteiger partial charge in [-0.25, -0.2) is 0 Å². The summed E-state index contributed by atoms with van der Waals surface area (Å²) in [7, 11) is 0. The van der Waals surface area contributed by atoms with Crippen LogP contribution in [-0.2, 0) is 12.8 Å². The molecule has 0 aliphatic carbocycles. The molecule has 0 aliphatic heterocycles. The molecule has 8 heteroatoms. The third kappa shape index (κ3) is 3.57. The first-order chi connectivity index (χ1) is 12.2. The first-order valence-electron chi connectivity index (χ1n) is 7.72. The molecule has 0 amide bonds. The summed E-state index contributed by atoms with van der Waals surface area (Å²) < 4.78 is 6.59. The molecule has 25 heavy (non-hydrogen) atoms. The zero-order chi connectivity index (χ0) is 17.8. The van der Waals surface area contributed by atoms with Gasteiger partial charge in [0, 0.05) is 4.47 Å². The quantitative estimate of drug-likeness (QED) is 0.608. The summed E-state index contributed by atoms with van der Waals surface area (Å²) in [6.45, 7) is 4.00. The van der Waals surface area contributed by atoms with Crippen molar-refractivity contribution in [3.05, 3.63) is 45.6 Å². The summed E-state index contributed by atoms with van der Waals surface area (Å²) in [6, 6.07) is 9.84. The van der Waals surface area contributed by atoms with Crippen LogP contribution in [0.3, 0.4) is 0 Å². The van der Waals surface area contributed by atoms with Gasteiger partial charge in [0.15, 0.2) is 0 Å². The van der Waals surface area contributed by atoms with Crippen LogP contribution < -0.4 is 0 Å². The summed E-state index contributed by atoms with van der Waals surface area (Å²) in [4.78, 5) is 0. The minimum atomic E-state index is 0.322. The van der Waals surface area contributed by atoms with Crippen LogP contribution in [-0.4, -0.2) is 20.4 Å². The highest BCUT2D eigenvalue weighted by molar-refractivity contribution is 9.10. The highest BCUT2D eigenvalue weighted by Gasteiger charge is 2.19. The van der Waals surface area contributed by atoms with Gasteiger partial charge >= 0.3 is 0 Å². The molecule has 0 atom stereocenters. The molecule has 2 aromatic heterocycles. The van der Waals surface area contributed by atoms with Crippen LogP contribution in [0.5, 0.6) is 0 Å². The van der Waals surface area contributed by atoms with Gasteiger partial charge in [-0.2, -0.15) is 10.4 Å². The largest absolute Gasteiger partial charge is 0.411 e. The predicted molar refractivity (Wildman–Crippen MR) is 97.1 cm³/mol. The first kappa shape index (κ1) is 17.6. The lowest BCUT2D eigenvalue weighted by molar-refractivity contribution is 0.465. The van der Waals surface area contributed by atoms with E-state index in [1.165, 1.54) is 0 Å². The highest BCUT2D eigenvalue weighted by Crippen LogP contribution is 2.33. The maximum absolute atomic E-state index is 9.54. The van der Waals surface area contributed by atoms with Crippen molar-refractivity contribution in [1.29, 1.82) is 5.26 Å². The van der Waals surface area contributed by atoms with E-state index in [-0.39, 0.29) is 0 Å². The molecule has 0 saturated heterocycles. The van der Waals surface area contributed by atoms with E-state index >= 15 is 0 Å². The van der Waals surface area contributed by atoms with E-state index in [0.29, 0.717) is 21.7 Å². The Labute approximate surface area is 157 Å². The van der Waals surface area contributed by atoms with Gasteiger partial charge < -0.3 is 4.42 Å². The third-order valence-electron chi connectivity index (χ3n) is 3.62. The Bertz CT molecular complexity index is 950. The van der Waals surface area contributed by atoms with Crippen molar-refractivity contribution in [2.24, 2.45) is 0 Å². The molecule has 1 aromatic carbocycles. The zero-order valence-corrected chi connectivity index (χ0v) is 16.1. The SMILES string of the molecule is CCc1nnc(Sc2nnc(-c3ccccc3Br)o2)c(C#N)c1CC. The predicted octanol–water partition coefficient (Wildman–Crippen LogP) is 4.44. The number of hydrogen-bond acceptors (Lipinski definition) is 7. The van der Waals surface area contributed by atoms with Gasteiger partial charge in [-0.3, -0.25) is 0 Å². The molecule has 0 N–H and O–H groups in total. The molecular formula is C17H14BrN5OS. The van der Waals surface area contributed by atoms with Crippen molar-refractivity contribution in [3.8, 4) is 17.5 Å². The third-order valence-corrected chi connectivity index (χ3v) is 5.13. The fourth-order valence-corrected chi connectivity index (χ4v) is 3.59. The van der Waals surface area contributed by atoms with Crippen molar-refractivity contribution in [1.82, 2.24) is 20.4 Å². The van der Waals surface area contributed by atoms with E-state index in [1.807, 2.05) is 38.1 Å². The second-order valence-electron chi connectivity index (χ2n) is 5.08. The van der Waals surface area contributed by atoms with Crippen LogP contribution in [0.25, 0.3) is 11.5 Å². The van der Waals surface area contributed by atoms with Crippen molar-refractivity contribution in [2.45, 2.75) is 36.9 Å². The van der Waals surface area contributed by atoms with Crippen LogP contribution in [0, 0.1) is 11.3 Å². The van der Waals surface area contributed by atoms with Crippen molar-refractivity contribution in [3.63, 3.8) is 0 Å². The molecular weight excluding hydrogens is 402 g/mol. The molecule has 0 spiro atoms. The molecule has 0 aliphatic rings. The number of halogens is 1. The Hall–Kier alpha value is -2.24. The lowest BCUT2D eigenvalue weighted by Crippen LogP contribution is -2.04. The Morgan fingerprint density at radius 2 is 1.92 bits per heavy atom. The average Bonchev–Trinajstić information content (AvgIpc) is 3.09. The Kier molecular flexibility index (Phi) is 5.46. The average molecular weight is 416 g/mol. The second kappa shape index (κ2) is 7.76. The second-order valence-corrected chi connectivity index (χ2v) is 6.87. The number of rotatable bonds is 5. The van der Waals surface area contributed by atoms with Crippen LogP contribution >= 0.6 is 27.7 Å². The van der Waals surface area contributed by atoms with Gasteiger partial charge in [0.1, 0.15) is 11.1 Å². The molecule has 0 fully saturated rings. The summed E-state index contributed by atoms with van der Waals surface area (Å²) in [5.74, 6) is 0.405. The van der Waals surface area contributed by atoms with Gasteiger partial charge in [-0.05, 0) is 58.2 Å². The molecule has 0 bridgehead atoms. The Morgan fingerprint density at radius 3 is 2.60 bits per heavy atom. The number of aryl methyl sites for hydroxylation is 1. The molecule has 2 heterocycles. The lowest BCUT2D eigenvalue weighted by Gasteiger charge is -2.08. The van der Waals surface area contributed by atoms with Gasteiger partial charge in [0.2, 0.25) is 5.89 Å². The number of benzene rings is 1. The van der Waals surface area contributed by atoms with Gasteiger partial charge in [-0.1, -0.05) is 26.0 Å². The normalized spacial score (nSPS) is 10.6. The molecule has 0 radical (unpaired) electrons. The van der Waals surface area contributed by atoms with E-state index < -0.39 is 0 Å². The van der Waals surface area contributed by atoms with E-state index in [1.54, 1.807) is 0 Å². The standard InChI is InChI=1S/C17H14BrN5OS/c1-3-10-12(9-19)16(22-20-14(10)4-2)25-17-23-21-15(24-17)11-7-5-6-8-13(11)18/h5-8H,3-4H2,1-2H3. The van der Waals surface area contributed by atoms with Crippen LogP contribution in [0.15, 0.2) is 43.4 Å². The van der Waals surface area contributed by atoms with Crippen molar-refractivity contribution in [2.75, 3.05) is 0 Å². The van der Waals surface area contributed by atoms with Crippen LogP contribution in [0.1, 0.15) is 30.7 Å². The highest BCUT2D eigenvalue weighted by atomic mass is 79.9. The minimum absolute atomic E-state index is 0.322. The Balaban J connectivity index is 1.94. The summed E-state index contributed by atoms with van der Waals surface area (Å²) in [5, 5.41) is 26.9. The van der Waals surface area contributed by atoms with Crippen molar-refractivity contribution >= 4 is 27.7 Å². The molecule has 6 nitrogen and oxygen atoms in total. The molecule has 3 aromatic rings. The van der Waals surface area contributed by atoms with Crippen molar-refractivity contribution < 1.29 is 4.42 Å². The fraction of sp³-hybridized carbons (Fsp3) is 0.235. The monoisotopic (exact) mass is 415 g/mol. The van der Waals surface area contributed by atoms with E-state index in [0.717, 1.165) is 45.9 Å². The summed E-state index contributed by atoms with van der Waals surface area (Å²) >= 11 is 4.62. The number of nitrogens with zero attached hydrogens (tertiary/aromatic N) is 5. The van der Waals surface area contributed by atoms with Gasteiger partial charge in [-0.15, -0.1) is 15.3 Å². The molecule has 0 unspecified atom stereocenters. The minimum Gasteiger partial charge on any atom is -0.411 e. The Morgan fingerprint density at radius 1 is 1.12 bits per heavy atom. The lowest BCUT2D eigenvalue weighted by atomic mass is 10.1. The van der Waals surface area contributed by atoms with Gasteiger partial charge in [0.25, 0.3) is 5.22 Å². The van der Waals surface area contributed by atoms with E-state index in [9.17, 15) is 5.26 Å².